The average Bonchev–Trinajstić information content (AvgIpc) is 2.91. The maximum atomic E-state index is 13.9. The van der Waals surface area contributed by atoms with Crippen LogP contribution in [0.25, 0.3) is 11.0 Å². The molecule has 202 valence electrons. The number of ketones is 1. The van der Waals surface area contributed by atoms with Crippen LogP contribution in [-0.4, -0.2) is 29.9 Å². The molecule has 1 aromatic heterocycles. The number of Topliss-reactive ketones (excluding diaryl/α,β-unsaturated/α-hetero) is 1. The number of ether oxygens (including phenoxy) is 1. The van der Waals surface area contributed by atoms with Gasteiger partial charge in [-0.3, -0.25) is 9.59 Å². The number of allylic oxidation sites excluding steroid dienone is 3. The van der Waals surface area contributed by atoms with Crippen LogP contribution in [-0.2, 0) is 14.3 Å². The number of fused-ring (bicyclic) bond motifs is 1. The van der Waals surface area contributed by atoms with Crippen molar-refractivity contribution in [2.24, 2.45) is 0 Å². The Bertz CT molecular complexity index is 1590. The lowest BCUT2D eigenvalue weighted by molar-refractivity contribution is -0.138. The fourth-order valence-electron chi connectivity index (χ4n) is 5.52. The van der Waals surface area contributed by atoms with Crippen LogP contribution in [0.4, 0.5) is 0 Å². The molecular weight excluding hydrogens is 534 g/mol. The van der Waals surface area contributed by atoms with Crippen LogP contribution < -0.4 is 10.7 Å². The van der Waals surface area contributed by atoms with E-state index in [2.05, 4.69) is 5.32 Å². The van der Waals surface area contributed by atoms with Crippen molar-refractivity contribution in [2.45, 2.75) is 45.4 Å². The van der Waals surface area contributed by atoms with Gasteiger partial charge in [-0.1, -0.05) is 48.4 Å². The van der Waals surface area contributed by atoms with Crippen LogP contribution in [0, 0.1) is 6.92 Å². The standard InChI is InChI=1S/C31H30ClNO5S/c1-4-39-12-11-37-31(36)27-18(3)33-24-14-19(20-7-5-6-8-23(20)32)15-25(34)29(24)28(27)22-16-38-26-10-9-17(2)13-21(26)30(22)35/h5-10,13,16,19,28,33H,4,11-12,14-15H2,1-3H3/t19-,28+/m1/s1. The summed E-state index contributed by atoms with van der Waals surface area (Å²) in [6.07, 6.45) is 2.13. The van der Waals surface area contributed by atoms with Crippen LogP contribution in [0.5, 0.6) is 0 Å². The number of hydrogen-bond donors (Lipinski definition) is 1. The monoisotopic (exact) mass is 563 g/mol. The van der Waals surface area contributed by atoms with E-state index in [-0.39, 0.29) is 41.3 Å². The number of aryl methyl sites for hydroxylation is 1. The summed E-state index contributed by atoms with van der Waals surface area (Å²) in [4.78, 5) is 41.2. The van der Waals surface area contributed by atoms with Gasteiger partial charge in [0.25, 0.3) is 0 Å². The minimum Gasteiger partial charge on any atom is -0.464 e. The predicted octanol–water partition coefficient (Wildman–Crippen LogP) is 6.41. The van der Waals surface area contributed by atoms with E-state index in [4.69, 9.17) is 20.8 Å². The highest BCUT2D eigenvalue weighted by Gasteiger charge is 2.43. The average molecular weight is 564 g/mol. The molecule has 6 nitrogen and oxygen atoms in total. The Kier molecular flexibility index (Phi) is 8.01. The molecule has 0 bridgehead atoms. The van der Waals surface area contributed by atoms with Crippen LogP contribution in [0.3, 0.4) is 0 Å². The van der Waals surface area contributed by atoms with Gasteiger partial charge in [-0.15, -0.1) is 0 Å². The summed E-state index contributed by atoms with van der Waals surface area (Å²) < 4.78 is 11.5. The van der Waals surface area contributed by atoms with Crippen molar-refractivity contribution in [3.8, 4) is 0 Å². The number of dihydropyridines is 1. The topological polar surface area (TPSA) is 85.6 Å². The maximum absolute atomic E-state index is 13.9. The number of benzene rings is 2. The Hall–Kier alpha value is -3.29. The molecular formula is C31H30ClNO5S. The third-order valence-corrected chi connectivity index (χ3v) is 8.53. The molecule has 2 heterocycles. The predicted molar refractivity (Wildman–Crippen MR) is 155 cm³/mol. The van der Waals surface area contributed by atoms with Crippen molar-refractivity contribution in [3.05, 3.63) is 103 Å². The van der Waals surface area contributed by atoms with Gasteiger partial charge in [0, 0.05) is 39.7 Å². The number of rotatable bonds is 7. The summed E-state index contributed by atoms with van der Waals surface area (Å²) in [5.74, 6) is -0.122. The van der Waals surface area contributed by atoms with E-state index < -0.39 is 11.9 Å². The van der Waals surface area contributed by atoms with Gasteiger partial charge in [-0.25, -0.2) is 4.79 Å². The molecule has 3 aromatic rings. The molecule has 39 heavy (non-hydrogen) atoms. The summed E-state index contributed by atoms with van der Waals surface area (Å²) in [7, 11) is 0. The van der Waals surface area contributed by atoms with Crippen molar-refractivity contribution in [3.63, 3.8) is 0 Å². The Morgan fingerprint density at radius 3 is 2.69 bits per heavy atom. The summed E-state index contributed by atoms with van der Waals surface area (Å²) >= 11 is 8.15. The quantitative estimate of drug-likeness (QED) is 0.262. The van der Waals surface area contributed by atoms with Gasteiger partial charge in [-0.2, -0.15) is 11.8 Å². The second kappa shape index (κ2) is 11.4. The highest BCUT2D eigenvalue weighted by molar-refractivity contribution is 7.99. The SMILES string of the molecule is CCSCCOC(=O)C1=C(C)NC2=C(C(=O)C[C@H](c3ccccc3Cl)C2)[C@H]1c1coc2ccc(C)cc2c1=O. The van der Waals surface area contributed by atoms with Gasteiger partial charge < -0.3 is 14.5 Å². The van der Waals surface area contributed by atoms with Crippen LogP contribution in [0.2, 0.25) is 5.02 Å². The fourth-order valence-corrected chi connectivity index (χ4v) is 6.30. The van der Waals surface area contributed by atoms with Gasteiger partial charge in [0.1, 0.15) is 12.2 Å². The molecule has 2 aromatic carbocycles. The molecule has 1 aliphatic heterocycles. The van der Waals surface area contributed by atoms with Crippen molar-refractivity contribution >= 4 is 46.1 Å². The number of thioether (sulfide) groups is 1. The van der Waals surface area contributed by atoms with E-state index in [0.29, 0.717) is 45.1 Å². The molecule has 0 saturated carbocycles. The molecule has 1 N–H and O–H groups in total. The Morgan fingerprint density at radius 1 is 1.13 bits per heavy atom. The molecule has 0 radical (unpaired) electrons. The lowest BCUT2D eigenvalue weighted by atomic mass is 9.72. The van der Waals surface area contributed by atoms with E-state index in [0.717, 1.165) is 16.9 Å². The lowest BCUT2D eigenvalue weighted by Gasteiger charge is -2.36. The highest BCUT2D eigenvalue weighted by atomic mass is 35.5. The van der Waals surface area contributed by atoms with Gasteiger partial charge >= 0.3 is 5.97 Å². The third kappa shape index (κ3) is 5.30. The largest absolute Gasteiger partial charge is 0.464 e. The molecule has 2 atom stereocenters. The fraction of sp³-hybridized carbons (Fsp3) is 0.323. The molecule has 5 rings (SSSR count). The van der Waals surface area contributed by atoms with Gasteiger partial charge in [0.15, 0.2) is 11.2 Å². The normalized spacial score (nSPS) is 19.2. The van der Waals surface area contributed by atoms with Gasteiger partial charge in [0.2, 0.25) is 0 Å². The number of halogens is 1. The number of carbonyl (C=O) groups excluding carboxylic acids is 2. The van der Waals surface area contributed by atoms with Crippen molar-refractivity contribution in [1.82, 2.24) is 5.32 Å². The lowest BCUT2D eigenvalue weighted by Crippen LogP contribution is -2.37. The Balaban J connectivity index is 1.63. The van der Waals surface area contributed by atoms with E-state index in [1.54, 1.807) is 30.8 Å². The first-order valence-electron chi connectivity index (χ1n) is 13.1. The number of carbonyl (C=O) groups is 2. The van der Waals surface area contributed by atoms with Gasteiger partial charge in [-0.05, 0) is 55.7 Å². The van der Waals surface area contributed by atoms with Crippen molar-refractivity contribution < 1.29 is 18.7 Å². The van der Waals surface area contributed by atoms with Crippen LogP contribution in [0.15, 0.2) is 80.5 Å². The van der Waals surface area contributed by atoms with Crippen molar-refractivity contribution in [1.29, 1.82) is 0 Å². The van der Waals surface area contributed by atoms with E-state index >= 15 is 0 Å². The molecule has 0 spiro atoms. The molecule has 1 aliphatic carbocycles. The number of hydrogen-bond acceptors (Lipinski definition) is 7. The van der Waals surface area contributed by atoms with E-state index in [1.807, 2.05) is 44.2 Å². The molecule has 0 amide bonds. The second-order valence-electron chi connectivity index (χ2n) is 9.89. The molecule has 8 heteroatoms. The molecule has 0 fully saturated rings. The summed E-state index contributed by atoms with van der Waals surface area (Å²) in [6.45, 7) is 5.96. The van der Waals surface area contributed by atoms with Crippen LogP contribution in [0.1, 0.15) is 55.2 Å². The first kappa shape index (κ1) is 27.3. The zero-order chi connectivity index (χ0) is 27.7. The number of esters is 1. The smallest absolute Gasteiger partial charge is 0.336 e. The Morgan fingerprint density at radius 2 is 1.92 bits per heavy atom. The minimum absolute atomic E-state index is 0.124. The number of nitrogens with one attached hydrogen (secondary N) is 1. The van der Waals surface area contributed by atoms with Crippen LogP contribution >= 0.6 is 23.4 Å². The maximum Gasteiger partial charge on any atom is 0.336 e. The summed E-state index contributed by atoms with van der Waals surface area (Å²) in [5.41, 5.74) is 4.18. The molecule has 0 unspecified atom stereocenters. The summed E-state index contributed by atoms with van der Waals surface area (Å²) in [5, 5.41) is 4.34. The minimum atomic E-state index is -0.895. The van der Waals surface area contributed by atoms with Crippen molar-refractivity contribution in [2.75, 3.05) is 18.1 Å². The zero-order valence-electron chi connectivity index (χ0n) is 22.1. The second-order valence-corrected chi connectivity index (χ2v) is 11.7. The highest BCUT2D eigenvalue weighted by Crippen LogP contribution is 2.46. The zero-order valence-corrected chi connectivity index (χ0v) is 23.7. The molecule has 0 saturated heterocycles. The first-order chi connectivity index (χ1) is 18.8. The third-order valence-electron chi connectivity index (χ3n) is 7.32. The Labute approximate surface area is 236 Å². The van der Waals surface area contributed by atoms with Gasteiger partial charge in [0.05, 0.1) is 23.1 Å². The van der Waals surface area contributed by atoms with E-state index in [1.165, 1.54) is 6.26 Å². The summed E-state index contributed by atoms with van der Waals surface area (Å²) in [6, 6.07) is 12.9. The van der Waals surface area contributed by atoms with E-state index in [9.17, 15) is 14.4 Å². The molecule has 2 aliphatic rings. The first-order valence-corrected chi connectivity index (χ1v) is 14.6.